The third-order valence-corrected chi connectivity index (χ3v) is 3.08. The zero-order valence-electron chi connectivity index (χ0n) is 13.6. The van der Waals surface area contributed by atoms with Crippen LogP contribution in [0.15, 0.2) is 12.2 Å². The average Bonchev–Trinajstić information content (AvgIpc) is 2.36. The van der Waals surface area contributed by atoms with E-state index in [-0.39, 0.29) is 18.2 Å². The van der Waals surface area contributed by atoms with Crippen LogP contribution in [0.1, 0.15) is 59.8 Å². The summed E-state index contributed by atoms with van der Waals surface area (Å²) >= 11 is 0. The van der Waals surface area contributed by atoms with Crippen molar-refractivity contribution in [2.24, 2.45) is 0 Å². The van der Waals surface area contributed by atoms with E-state index in [2.05, 4.69) is 6.58 Å². The second-order valence-corrected chi connectivity index (χ2v) is 6.14. The van der Waals surface area contributed by atoms with Gasteiger partial charge in [-0.1, -0.05) is 13.5 Å². The molecule has 0 aromatic rings. The van der Waals surface area contributed by atoms with E-state index in [1.807, 2.05) is 27.7 Å². The lowest BCUT2D eigenvalue weighted by Gasteiger charge is -2.21. The summed E-state index contributed by atoms with van der Waals surface area (Å²) in [7, 11) is 1.65. The Hall–Kier alpha value is -0.870. The Kier molecular flexibility index (Phi) is 8.74. The smallest absolute Gasteiger partial charge is 0.333 e. The normalized spacial score (nSPS) is 14.7. The van der Waals surface area contributed by atoms with Gasteiger partial charge in [-0.15, -0.1) is 0 Å². The third-order valence-electron chi connectivity index (χ3n) is 3.08. The van der Waals surface area contributed by atoms with Crippen LogP contribution in [0.5, 0.6) is 0 Å². The van der Waals surface area contributed by atoms with Gasteiger partial charge in [0.25, 0.3) is 0 Å². The van der Waals surface area contributed by atoms with E-state index in [0.717, 1.165) is 12.8 Å². The highest BCUT2D eigenvalue weighted by Crippen LogP contribution is 2.17. The van der Waals surface area contributed by atoms with Gasteiger partial charge in [0.1, 0.15) is 5.60 Å². The molecule has 4 nitrogen and oxygen atoms in total. The fourth-order valence-corrected chi connectivity index (χ4v) is 1.75. The molecule has 0 aliphatic carbocycles. The Morgan fingerprint density at radius 3 is 2.30 bits per heavy atom. The van der Waals surface area contributed by atoms with Crippen LogP contribution in [-0.2, 0) is 14.3 Å². The van der Waals surface area contributed by atoms with Gasteiger partial charge >= 0.3 is 5.97 Å². The largest absolute Gasteiger partial charge is 0.457 e. The van der Waals surface area contributed by atoms with Crippen LogP contribution in [0, 0.1) is 0 Å². The topological polar surface area (TPSA) is 55.8 Å². The van der Waals surface area contributed by atoms with Crippen LogP contribution < -0.4 is 0 Å². The van der Waals surface area contributed by atoms with E-state index in [0.29, 0.717) is 24.8 Å². The van der Waals surface area contributed by atoms with E-state index >= 15 is 0 Å². The molecule has 0 amide bonds. The lowest BCUT2D eigenvalue weighted by atomic mass is 10.0. The molecule has 1 N–H and O–H groups in total. The molecule has 0 aromatic heterocycles. The summed E-state index contributed by atoms with van der Waals surface area (Å²) in [5.41, 5.74) is -0.0237. The minimum atomic E-state index is -0.494. The molecular weight excluding hydrogens is 256 g/mol. The second-order valence-electron chi connectivity index (χ2n) is 6.14. The van der Waals surface area contributed by atoms with Crippen LogP contribution in [0.4, 0.5) is 0 Å². The molecule has 0 bridgehead atoms. The summed E-state index contributed by atoms with van der Waals surface area (Å²) in [5, 5.41) is 9.55. The number of esters is 1. The van der Waals surface area contributed by atoms with Crippen molar-refractivity contribution in [3.05, 3.63) is 12.2 Å². The fourth-order valence-electron chi connectivity index (χ4n) is 1.75. The van der Waals surface area contributed by atoms with E-state index in [9.17, 15) is 9.90 Å². The first kappa shape index (κ1) is 19.1. The Bertz CT molecular complexity index is 304. The van der Waals surface area contributed by atoms with Crippen LogP contribution in [0.2, 0.25) is 0 Å². The van der Waals surface area contributed by atoms with Crippen molar-refractivity contribution in [1.29, 1.82) is 0 Å². The SMILES string of the molecule is C=C(CCC(CCC(O)CC)OC)C(=O)OC(C)(C)C. The van der Waals surface area contributed by atoms with Gasteiger partial charge in [0.2, 0.25) is 0 Å². The van der Waals surface area contributed by atoms with Gasteiger partial charge in [-0.25, -0.2) is 4.79 Å². The van der Waals surface area contributed by atoms with Gasteiger partial charge in [0, 0.05) is 12.7 Å². The number of ether oxygens (including phenoxy) is 2. The van der Waals surface area contributed by atoms with Crippen LogP contribution in [-0.4, -0.2) is 36.0 Å². The molecule has 0 spiro atoms. The Morgan fingerprint density at radius 1 is 1.25 bits per heavy atom. The van der Waals surface area contributed by atoms with Crippen molar-refractivity contribution in [2.45, 2.75) is 77.6 Å². The molecule has 0 radical (unpaired) electrons. The van der Waals surface area contributed by atoms with Gasteiger partial charge in [-0.3, -0.25) is 0 Å². The number of rotatable bonds is 9. The van der Waals surface area contributed by atoms with E-state index < -0.39 is 5.60 Å². The number of methoxy groups -OCH3 is 1. The molecule has 0 fully saturated rings. The maximum atomic E-state index is 11.8. The summed E-state index contributed by atoms with van der Waals surface area (Å²) in [4.78, 5) is 11.8. The zero-order chi connectivity index (χ0) is 15.8. The van der Waals surface area contributed by atoms with Gasteiger partial charge in [0.05, 0.1) is 12.2 Å². The minimum Gasteiger partial charge on any atom is -0.457 e. The average molecular weight is 286 g/mol. The number of carbonyl (C=O) groups is 1. The van der Waals surface area contributed by atoms with E-state index in [4.69, 9.17) is 9.47 Å². The molecule has 4 heteroatoms. The lowest BCUT2D eigenvalue weighted by molar-refractivity contribution is -0.150. The number of aliphatic hydroxyl groups excluding tert-OH is 1. The van der Waals surface area contributed by atoms with Crippen molar-refractivity contribution in [2.75, 3.05) is 7.11 Å². The summed E-state index contributed by atoms with van der Waals surface area (Å²) in [6, 6.07) is 0. The third kappa shape index (κ3) is 9.10. The van der Waals surface area contributed by atoms with Gasteiger partial charge < -0.3 is 14.6 Å². The molecule has 0 aromatic carbocycles. The van der Waals surface area contributed by atoms with E-state index in [1.165, 1.54) is 0 Å². The summed E-state index contributed by atoms with van der Waals surface area (Å²) in [6.07, 6.45) is 3.28. The van der Waals surface area contributed by atoms with E-state index in [1.54, 1.807) is 7.11 Å². The predicted octanol–water partition coefficient (Wildman–Crippen LogP) is 3.23. The molecule has 0 aliphatic rings. The molecule has 0 rings (SSSR count). The van der Waals surface area contributed by atoms with Crippen molar-refractivity contribution in [1.82, 2.24) is 0 Å². The van der Waals surface area contributed by atoms with Crippen LogP contribution in [0.25, 0.3) is 0 Å². The van der Waals surface area contributed by atoms with Crippen LogP contribution >= 0.6 is 0 Å². The Labute approximate surface area is 123 Å². The maximum absolute atomic E-state index is 11.8. The standard InChI is InChI=1S/C16H30O4/c1-7-13(17)9-11-14(19-6)10-8-12(2)15(18)20-16(3,4)5/h13-14,17H,2,7-11H2,1,3-6H3. The maximum Gasteiger partial charge on any atom is 0.333 e. The highest BCUT2D eigenvalue weighted by atomic mass is 16.6. The first-order chi connectivity index (χ1) is 9.19. The molecule has 0 saturated heterocycles. The number of carbonyl (C=O) groups excluding carboxylic acids is 1. The highest BCUT2D eigenvalue weighted by molar-refractivity contribution is 5.87. The predicted molar refractivity (Wildman–Crippen MR) is 80.5 cm³/mol. The number of hydrogen-bond acceptors (Lipinski definition) is 4. The van der Waals surface area contributed by atoms with Crippen molar-refractivity contribution in [3.63, 3.8) is 0 Å². The zero-order valence-corrected chi connectivity index (χ0v) is 13.6. The lowest BCUT2D eigenvalue weighted by Crippen LogP contribution is -2.25. The molecular formula is C16H30O4. The minimum absolute atomic E-state index is 0.0374. The van der Waals surface area contributed by atoms with Gasteiger partial charge in [-0.05, 0) is 52.9 Å². The number of aliphatic hydroxyl groups is 1. The molecule has 0 saturated carbocycles. The number of hydrogen-bond donors (Lipinski definition) is 1. The Balaban J connectivity index is 4.10. The molecule has 0 aliphatic heterocycles. The first-order valence-electron chi connectivity index (χ1n) is 7.31. The molecule has 118 valence electrons. The highest BCUT2D eigenvalue weighted by Gasteiger charge is 2.19. The van der Waals surface area contributed by atoms with Crippen molar-refractivity contribution >= 4 is 5.97 Å². The fraction of sp³-hybridized carbons (Fsp3) is 0.812. The second kappa shape index (κ2) is 9.14. The summed E-state index contributed by atoms with van der Waals surface area (Å²) in [6.45, 7) is 11.2. The van der Waals surface area contributed by atoms with Crippen molar-refractivity contribution in [3.8, 4) is 0 Å². The molecule has 2 atom stereocenters. The molecule has 20 heavy (non-hydrogen) atoms. The summed E-state index contributed by atoms with van der Waals surface area (Å²) in [5.74, 6) is -0.346. The van der Waals surface area contributed by atoms with Gasteiger partial charge in [0.15, 0.2) is 0 Å². The van der Waals surface area contributed by atoms with Gasteiger partial charge in [-0.2, -0.15) is 0 Å². The Morgan fingerprint density at radius 2 is 1.85 bits per heavy atom. The quantitative estimate of drug-likeness (QED) is 0.522. The molecule has 2 unspecified atom stereocenters. The first-order valence-corrected chi connectivity index (χ1v) is 7.31. The monoisotopic (exact) mass is 286 g/mol. The molecule has 0 heterocycles. The van der Waals surface area contributed by atoms with Crippen LogP contribution in [0.3, 0.4) is 0 Å². The summed E-state index contributed by atoms with van der Waals surface area (Å²) < 4.78 is 10.6. The van der Waals surface area contributed by atoms with Crippen molar-refractivity contribution < 1.29 is 19.4 Å².